The normalized spacial score (nSPS) is 13.7. The van der Waals surface area contributed by atoms with Gasteiger partial charge in [0.15, 0.2) is 0 Å². The molecular weight excluding hydrogens is 572 g/mol. The molecule has 6 aromatic rings. The van der Waals surface area contributed by atoms with Crippen molar-refractivity contribution in [3.8, 4) is 0 Å². The first-order valence-electron chi connectivity index (χ1n) is 9.78. The van der Waals surface area contributed by atoms with Gasteiger partial charge >= 0.3 is 41.6 Å². The zero-order valence-corrected chi connectivity index (χ0v) is 19.9. The number of nitrogens with zero attached hydrogens (tertiary/aromatic N) is 12. The molecule has 0 amide bonds. The topological polar surface area (TPSA) is 158 Å². The van der Waals surface area contributed by atoms with Crippen LogP contribution in [0.2, 0.25) is 0 Å². The van der Waals surface area contributed by atoms with Crippen molar-refractivity contribution in [2.24, 2.45) is 0 Å². The molecule has 0 fully saturated rings. The van der Waals surface area contributed by atoms with Gasteiger partial charge in [-0.25, -0.2) is 15.0 Å². The van der Waals surface area contributed by atoms with E-state index in [1.165, 1.54) is 0 Å². The summed E-state index contributed by atoms with van der Waals surface area (Å²) < 4.78 is 76.6. The fourth-order valence-corrected chi connectivity index (χ4v) is 3.57. The number of halogens is 6. The Morgan fingerprint density at radius 3 is 1.13 bits per heavy atom. The molecule has 0 spiro atoms. The molecule has 0 unspecified atom stereocenters. The second-order valence-electron chi connectivity index (χ2n) is 6.91. The first kappa shape index (κ1) is 25.2. The van der Waals surface area contributed by atoms with E-state index in [0.29, 0.717) is 33.5 Å². The Kier molecular flexibility index (Phi) is 5.64. The predicted molar refractivity (Wildman–Crippen MR) is 118 cm³/mol. The second kappa shape index (κ2) is 8.52. The van der Waals surface area contributed by atoms with Crippen molar-refractivity contribution in [3.05, 3.63) is 55.0 Å². The minimum Gasteiger partial charge on any atom is -0.232 e. The van der Waals surface area contributed by atoms with Gasteiger partial charge < -0.3 is 0 Å². The van der Waals surface area contributed by atoms with Gasteiger partial charge in [-0.05, 0) is 66.6 Å². The van der Waals surface area contributed by atoms with E-state index in [4.69, 9.17) is 13.9 Å². The Labute approximate surface area is 205 Å². The monoisotopic (exact) mass is 582 g/mol. The Bertz CT molecular complexity index is 1550. The molecule has 6 aromatic heterocycles. The van der Waals surface area contributed by atoms with Crippen LogP contribution in [0.3, 0.4) is 0 Å². The summed E-state index contributed by atoms with van der Waals surface area (Å²) >= 11 is 0. The molecule has 6 rings (SSSR count). The van der Waals surface area contributed by atoms with E-state index in [2.05, 4.69) is 45.9 Å². The van der Waals surface area contributed by atoms with Crippen molar-refractivity contribution in [1.82, 2.24) is 60.4 Å². The van der Waals surface area contributed by atoms with Gasteiger partial charge in [-0.3, -0.25) is 0 Å². The Morgan fingerprint density at radius 2 is 0.842 bits per heavy atom. The van der Waals surface area contributed by atoms with Crippen molar-refractivity contribution < 1.29 is 39.1 Å². The maximum absolute atomic E-state index is 10.7. The van der Waals surface area contributed by atoms with E-state index in [0.717, 1.165) is 14.5 Å². The fraction of sp³-hybridized carbons (Fsp3) is 0. The van der Waals surface area contributed by atoms with Crippen LogP contribution in [0, 0.1) is 0 Å². The number of pyridine rings is 3. The summed E-state index contributed by atoms with van der Waals surface area (Å²) in [4.78, 5) is 15.9. The van der Waals surface area contributed by atoms with Crippen LogP contribution in [0.5, 0.6) is 0 Å². The summed E-state index contributed by atoms with van der Waals surface area (Å²) in [7, 11) is -13.4. The van der Waals surface area contributed by atoms with Crippen molar-refractivity contribution in [1.29, 1.82) is 0 Å². The van der Waals surface area contributed by atoms with Crippen LogP contribution >= 0.6 is 16.4 Å². The van der Waals surface area contributed by atoms with Gasteiger partial charge in [0.2, 0.25) is 16.9 Å². The molecule has 0 N–H and O–H groups in total. The summed E-state index contributed by atoms with van der Waals surface area (Å²) in [5.74, 6) is 0. The zero-order valence-electron chi connectivity index (χ0n) is 18.0. The van der Waals surface area contributed by atoms with Gasteiger partial charge in [0, 0.05) is 18.6 Å². The number of hydrogen-bond donors (Lipinski definition) is 0. The van der Waals surface area contributed by atoms with E-state index in [-0.39, 0.29) is 0 Å². The molecule has 38 heavy (non-hydrogen) atoms. The maximum Gasteiger partial charge on any atom is 0.616 e. The van der Waals surface area contributed by atoms with E-state index >= 15 is 0 Å². The van der Waals surface area contributed by atoms with Crippen LogP contribution in [-0.4, -0.2) is 60.4 Å². The average molecular weight is 582 g/mol. The van der Waals surface area contributed by atoms with E-state index in [1.54, 1.807) is 55.0 Å². The van der Waals surface area contributed by atoms with Crippen LogP contribution in [-0.2, 0) is 0 Å². The molecule has 0 radical (unpaired) electrons. The van der Waals surface area contributed by atoms with Crippen molar-refractivity contribution in [2.45, 2.75) is 0 Å². The average Bonchev–Trinajstić information content (AvgIpc) is 3.55. The van der Waals surface area contributed by atoms with Crippen molar-refractivity contribution in [3.63, 3.8) is 0 Å². The van der Waals surface area contributed by atoms with Gasteiger partial charge in [0.05, 0.1) is 0 Å². The maximum atomic E-state index is 9.87. The molecule has 0 aromatic carbocycles. The fourth-order valence-electron chi connectivity index (χ4n) is 2.68. The summed E-state index contributed by atoms with van der Waals surface area (Å²) in [6, 6.07) is 10.4. The van der Waals surface area contributed by atoms with Crippen LogP contribution in [0.25, 0.3) is 33.5 Å². The number of fused-ring (bicyclic) bond motifs is 3. The van der Waals surface area contributed by atoms with Gasteiger partial charge in [-0.1, -0.05) is 0 Å². The Morgan fingerprint density at radius 1 is 0.553 bits per heavy atom. The first-order valence-corrected chi connectivity index (χ1v) is 13.0. The Hall–Kier alpha value is -4.51. The molecule has 0 saturated carbocycles. The Balaban J connectivity index is 0.000000374. The van der Waals surface area contributed by atoms with Gasteiger partial charge in [0.1, 0.15) is 16.6 Å². The minimum atomic E-state index is -10.7. The van der Waals surface area contributed by atoms with Crippen LogP contribution < -0.4 is 13.9 Å². The minimum absolute atomic E-state index is 0.375. The van der Waals surface area contributed by atoms with Gasteiger partial charge in [-0.15, -0.1) is 15.3 Å². The molecule has 0 aliphatic carbocycles. The van der Waals surface area contributed by atoms with E-state index < -0.39 is 16.4 Å². The first-order chi connectivity index (χ1) is 17.8. The summed E-state index contributed by atoms with van der Waals surface area (Å²) in [5.41, 5.74) is 2.72. The van der Waals surface area contributed by atoms with Crippen LogP contribution in [0.4, 0.5) is 25.2 Å². The molecule has 6 heterocycles. The van der Waals surface area contributed by atoms with Gasteiger partial charge in [0.25, 0.3) is 0 Å². The molecule has 200 valence electrons. The summed E-state index contributed by atoms with van der Waals surface area (Å²) in [5, 5.41) is 23.8. The molecule has 0 saturated heterocycles. The smallest absolute Gasteiger partial charge is 0.232 e. The molecule has 0 aliphatic heterocycles. The standard InChI is InChI=1S/C15H10N12O3P.F6P/c1-4-10-13(16-7-1)25(22-19-10)28-31(29-26-14-11(20-23-26)5-2-8-17-14)30-27-15-12(21-24-27)6-3-9-18-15;1-7(2,3,4,5)6/h1-9,31H;/q+1;-1. The third kappa shape index (κ3) is 6.43. The third-order valence-corrected chi connectivity index (χ3v) is 4.99. The van der Waals surface area contributed by atoms with Crippen LogP contribution in [0.15, 0.2) is 55.0 Å². The predicted octanol–water partition coefficient (Wildman–Crippen LogP) is 3.13. The van der Waals surface area contributed by atoms with Crippen LogP contribution in [0.1, 0.15) is 0 Å². The van der Waals surface area contributed by atoms with Gasteiger partial charge in [-0.2, -0.15) is 13.9 Å². The zero-order chi connectivity index (χ0) is 27.0. The molecule has 0 bridgehead atoms. The molecule has 15 nitrogen and oxygen atoms in total. The SMILES string of the molecule is F[P-](F)(F)(F)(F)F.c1cnc2c(c1)nnn2O[PH+](On1nnc2cccnc21)On1nnc2cccnc21. The number of aromatic nitrogens is 12. The summed E-state index contributed by atoms with van der Waals surface area (Å²) in [6.45, 7) is 0. The number of hydrogen-bond acceptors (Lipinski definition) is 12. The molecule has 23 heteroatoms. The van der Waals surface area contributed by atoms with Crippen molar-refractivity contribution >= 4 is 49.9 Å². The summed E-state index contributed by atoms with van der Waals surface area (Å²) in [6.07, 6.45) is 4.76. The number of rotatable bonds is 6. The third-order valence-electron chi connectivity index (χ3n) is 4.03. The molecular formula is C15H10F6N12O3P2. The largest absolute Gasteiger partial charge is 0.616 e. The molecule has 0 atom stereocenters. The van der Waals surface area contributed by atoms with Crippen molar-refractivity contribution in [2.75, 3.05) is 0 Å². The van der Waals surface area contributed by atoms with E-state index in [9.17, 15) is 25.2 Å². The quantitative estimate of drug-likeness (QED) is 0.209. The van der Waals surface area contributed by atoms with E-state index in [1.807, 2.05) is 0 Å². The molecule has 0 aliphatic rings. The second-order valence-corrected chi connectivity index (χ2v) is 9.87.